The molecule has 0 bridgehead atoms. The highest BCUT2D eigenvalue weighted by Crippen LogP contribution is 2.32. The summed E-state index contributed by atoms with van der Waals surface area (Å²) in [6, 6.07) is 0. The molecule has 0 spiro atoms. The van der Waals surface area contributed by atoms with E-state index in [9.17, 15) is 4.79 Å². The summed E-state index contributed by atoms with van der Waals surface area (Å²) < 4.78 is 10.3. The molecule has 1 aliphatic rings. The van der Waals surface area contributed by atoms with E-state index in [0.717, 1.165) is 12.8 Å². The minimum Gasteiger partial charge on any atom is -0.474 e. The molecule has 0 aliphatic carbocycles. The van der Waals surface area contributed by atoms with E-state index < -0.39 is 5.97 Å². The summed E-state index contributed by atoms with van der Waals surface area (Å²) in [6.45, 7) is 3.26. The lowest BCUT2D eigenvalue weighted by Gasteiger charge is -2.29. The third-order valence-corrected chi connectivity index (χ3v) is 2.72. The molecule has 0 amide bonds. The molecule has 6 nitrogen and oxygen atoms in total. The minimum atomic E-state index is -1.19. The van der Waals surface area contributed by atoms with Crippen LogP contribution in [0.2, 0.25) is 0 Å². The van der Waals surface area contributed by atoms with Crippen molar-refractivity contribution in [3.63, 3.8) is 0 Å². The minimum absolute atomic E-state index is 0.251. The summed E-state index contributed by atoms with van der Waals surface area (Å²) >= 11 is 0. The van der Waals surface area contributed by atoms with Gasteiger partial charge < -0.3 is 14.3 Å². The van der Waals surface area contributed by atoms with Crippen LogP contribution in [0.4, 0.5) is 0 Å². The van der Waals surface area contributed by atoms with Gasteiger partial charge in [0.2, 0.25) is 5.89 Å². The molecule has 0 atom stereocenters. The quantitative estimate of drug-likeness (QED) is 0.781. The monoisotopic (exact) mass is 212 g/mol. The van der Waals surface area contributed by atoms with Gasteiger partial charge in [0, 0.05) is 13.2 Å². The van der Waals surface area contributed by atoms with Crippen LogP contribution in [-0.4, -0.2) is 34.5 Å². The van der Waals surface area contributed by atoms with Crippen LogP contribution in [0.3, 0.4) is 0 Å². The number of hydrogen-bond donors (Lipinski definition) is 1. The van der Waals surface area contributed by atoms with E-state index in [1.807, 2.05) is 6.92 Å². The lowest BCUT2D eigenvalue weighted by molar-refractivity contribution is 0.0454. The standard InChI is InChI=1S/C9H12N2O4/c1-9(2-4-14-5-3-9)8-11-10-6(15-8)7(12)13/h2-5H2,1H3,(H,12,13). The maximum atomic E-state index is 10.6. The lowest BCUT2D eigenvalue weighted by atomic mass is 9.82. The maximum absolute atomic E-state index is 10.6. The maximum Gasteiger partial charge on any atom is 0.393 e. The van der Waals surface area contributed by atoms with E-state index in [2.05, 4.69) is 10.2 Å². The van der Waals surface area contributed by atoms with E-state index >= 15 is 0 Å². The summed E-state index contributed by atoms with van der Waals surface area (Å²) in [4.78, 5) is 10.6. The molecule has 82 valence electrons. The van der Waals surface area contributed by atoms with Crippen molar-refractivity contribution in [3.05, 3.63) is 11.8 Å². The van der Waals surface area contributed by atoms with E-state index in [4.69, 9.17) is 14.3 Å². The summed E-state index contributed by atoms with van der Waals surface area (Å²) in [7, 11) is 0. The zero-order valence-corrected chi connectivity index (χ0v) is 8.39. The number of carbonyl (C=O) groups is 1. The number of carboxylic acid groups (broad SMARTS) is 1. The fourth-order valence-electron chi connectivity index (χ4n) is 1.59. The molecule has 2 rings (SSSR count). The summed E-state index contributed by atoms with van der Waals surface area (Å²) in [5.74, 6) is -1.15. The molecule has 1 aliphatic heterocycles. The summed E-state index contributed by atoms with van der Waals surface area (Å²) in [6.07, 6.45) is 1.54. The van der Waals surface area contributed by atoms with Gasteiger partial charge in [-0.3, -0.25) is 0 Å². The van der Waals surface area contributed by atoms with Gasteiger partial charge >= 0.3 is 11.9 Å². The molecule has 0 saturated carbocycles. The van der Waals surface area contributed by atoms with Crippen molar-refractivity contribution < 1.29 is 19.1 Å². The summed E-state index contributed by atoms with van der Waals surface area (Å²) in [5.41, 5.74) is -0.251. The largest absolute Gasteiger partial charge is 0.474 e. The van der Waals surface area contributed by atoms with Crippen molar-refractivity contribution in [1.82, 2.24) is 10.2 Å². The van der Waals surface area contributed by atoms with Crippen molar-refractivity contribution in [1.29, 1.82) is 0 Å². The molecule has 0 radical (unpaired) electrons. The average molecular weight is 212 g/mol. The molecule has 0 aromatic carbocycles. The molecular formula is C9H12N2O4. The zero-order valence-electron chi connectivity index (χ0n) is 8.39. The van der Waals surface area contributed by atoms with E-state index in [1.54, 1.807) is 0 Å². The van der Waals surface area contributed by atoms with Gasteiger partial charge in [-0.2, -0.15) is 0 Å². The molecule has 1 N–H and O–H groups in total. The third kappa shape index (κ3) is 1.85. The first-order chi connectivity index (χ1) is 7.12. The number of nitrogens with zero attached hydrogens (tertiary/aromatic N) is 2. The smallest absolute Gasteiger partial charge is 0.393 e. The zero-order chi connectivity index (χ0) is 10.9. The normalized spacial score (nSPS) is 20.1. The number of rotatable bonds is 2. The Balaban J connectivity index is 2.23. The number of aromatic nitrogens is 2. The van der Waals surface area contributed by atoms with Crippen LogP contribution in [0.1, 0.15) is 36.3 Å². The van der Waals surface area contributed by atoms with Crippen molar-refractivity contribution >= 4 is 5.97 Å². The highest BCUT2D eigenvalue weighted by Gasteiger charge is 2.35. The first-order valence-electron chi connectivity index (χ1n) is 4.77. The molecule has 15 heavy (non-hydrogen) atoms. The fourth-order valence-corrected chi connectivity index (χ4v) is 1.59. The second-order valence-electron chi connectivity index (χ2n) is 3.89. The van der Waals surface area contributed by atoms with Crippen LogP contribution in [0.25, 0.3) is 0 Å². The number of ether oxygens (including phenoxy) is 1. The number of carboxylic acids is 1. The van der Waals surface area contributed by atoms with Gasteiger partial charge in [0.05, 0.1) is 5.41 Å². The van der Waals surface area contributed by atoms with Crippen LogP contribution in [0.5, 0.6) is 0 Å². The molecule has 1 saturated heterocycles. The Bertz CT molecular complexity index is 368. The predicted molar refractivity (Wildman–Crippen MR) is 48.7 cm³/mol. The van der Waals surface area contributed by atoms with Gasteiger partial charge in [0.15, 0.2) is 0 Å². The van der Waals surface area contributed by atoms with Crippen molar-refractivity contribution in [2.24, 2.45) is 0 Å². The van der Waals surface area contributed by atoms with Crippen LogP contribution in [-0.2, 0) is 10.2 Å². The first kappa shape index (κ1) is 10.1. The molecule has 0 unspecified atom stereocenters. The van der Waals surface area contributed by atoms with Gasteiger partial charge in [-0.25, -0.2) is 4.79 Å². The number of aromatic carboxylic acids is 1. The summed E-state index contributed by atoms with van der Waals surface area (Å²) in [5, 5.41) is 15.9. The lowest BCUT2D eigenvalue weighted by Crippen LogP contribution is -2.30. The van der Waals surface area contributed by atoms with E-state index in [-0.39, 0.29) is 11.3 Å². The Morgan fingerprint density at radius 3 is 2.60 bits per heavy atom. The Morgan fingerprint density at radius 2 is 2.07 bits per heavy atom. The van der Waals surface area contributed by atoms with Gasteiger partial charge in [-0.05, 0) is 12.8 Å². The predicted octanol–water partition coefficient (Wildman–Crippen LogP) is 0.836. The number of hydrogen-bond acceptors (Lipinski definition) is 5. The van der Waals surface area contributed by atoms with Crippen molar-refractivity contribution in [3.8, 4) is 0 Å². The molecular weight excluding hydrogens is 200 g/mol. The fraction of sp³-hybridized carbons (Fsp3) is 0.667. The van der Waals surface area contributed by atoms with Gasteiger partial charge in [0.1, 0.15) is 0 Å². The Hall–Kier alpha value is -1.43. The van der Waals surface area contributed by atoms with Gasteiger partial charge in [-0.1, -0.05) is 6.92 Å². The molecule has 1 aromatic rings. The second-order valence-corrected chi connectivity index (χ2v) is 3.89. The van der Waals surface area contributed by atoms with E-state index in [1.165, 1.54) is 0 Å². The van der Waals surface area contributed by atoms with E-state index in [0.29, 0.717) is 19.1 Å². The molecule has 2 heterocycles. The Labute approximate surface area is 86.3 Å². The topological polar surface area (TPSA) is 85.5 Å². The SMILES string of the molecule is CC1(c2nnc(C(=O)O)o2)CCOCC1. The highest BCUT2D eigenvalue weighted by atomic mass is 16.5. The van der Waals surface area contributed by atoms with Crippen LogP contribution >= 0.6 is 0 Å². The average Bonchev–Trinajstić information content (AvgIpc) is 2.68. The van der Waals surface area contributed by atoms with Gasteiger partial charge in [0.25, 0.3) is 0 Å². The van der Waals surface area contributed by atoms with Crippen molar-refractivity contribution in [2.45, 2.75) is 25.2 Å². The molecule has 1 fully saturated rings. The van der Waals surface area contributed by atoms with Crippen LogP contribution < -0.4 is 0 Å². The molecule has 1 aromatic heterocycles. The molecule has 6 heteroatoms. The van der Waals surface area contributed by atoms with Crippen LogP contribution in [0, 0.1) is 0 Å². The Morgan fingerprint density at radius 1 is 1.40 bits per heavy atom. The first-order valence-corrected chi connectivity index (χ1v) is 4.77. The Kier molecular flexibility index (Phi) is 2.44. The highest BCUT2D eigenvalue weighted by molar-refractivity contribution is 5.81. The van der Waals surface area contributed by atoms with Gasteiger partial charge in [-0.15, -0.1) is 10.2 Å². The van der Waals surface area contributed by atoms with Crippen LogP contribution in [0.15, 0.2) is 4.42 Å². The second kappa shape index (κ2) is 3.62. The third-order valence-electron chi connectivity index (χ3n) is 2.72. The van der Waals surface area contributed by atoms with Crippen molar-refractivity contribution in [2.75, 3.05) is 13.2 Å².